The summed E-state index contributed by atoms with van der Waals surface area (Å²) in [6.45, 7) is 1.77. The van der Waals surface area contributed by atoms with E-state index in [4.69, 9.17) is 9.47 Å². The summed E-state index contributed by atoms with van der Waals surface area (Å²) in [6, 6.07) is 12.4. The summed E-state index contributed by atoms with van der Waals surface area (Å²) in [6.07, 6.45) is 0.231. The van der Waals surface area contributed by atoms with Crippen LogP contribution in [-0.2, 0) is 11.2 Å². The zero-order valence-electron chi connectivity index (χ0n) is 15.1. The van der Waals surface area contributed by atoms with Gasteiger partial charge in [0.25, 0.3) is 0 Å². The van der Waals surface area contributed by atoms with Crippen molar-refractivity contribution in [1.29, 1.82) is 0 Å². The van der Waals surface area contributed by atoms with Crippen molar-refractivity contribution in [2.24, 2.45) is 0 Å². The van der Waals surface area contributed by atoms with Crippen LogP contribution in [0.2, 0.25) is 0 Å². The van der Waals surface area contributed by atoms with Gasteiger partial charge in [0.05, 0.1) is 27.2 Å². The highest BCUT2D eigenvalue weighted by Gasteiger charge is 2.07. The topological polar surface area (TPSA) is 64.6 Å². The second kappa shape index (κ2) is 9.28. The molecule has 2 rings (SSSR count). The van der Waals surface area contributed by atoms with Crippen molar-refractivity contribution in [1.82, 2.24) is 5.32 Å². The van der Waals surface area contributed by atoms with Gasteiger partial charge in [-0.1, -0.05) is 30.0 Å². The predicted molar refractivity (Wildman–Crippen MR) is 99.6 cm³/mol. The maximum Gasteiger partial charge on any atom is 0.225 e. The number of nitrogens with one attached hydrogen (secondary N) is 1. The Morgan fingerprint density at radius 3 is 2.31 bits per heavy atom. The first-order chi connectivity index (χ1) is 12.5. The van der Waals surface area contributed by atoms with E-state index in [-0.39, 0.29) is 24.7 Å². The molecule has 0 unspecified atom stereocenters. The molecule has 0 fully saturated rings. The zero-order chi connectivity index (χ0) is 18.9. The Morgan fingerprint density at radius 2 is 1.69 bits per heavy atom. The Kier molecular flexibility index (Phi) is 6.81. The van der Waals surface area contributed by atoms with Gasteiger partial charge in [-0.3, -0.25) is 9.59 Å². The van der Waals surface area contributed by atoms with E-state index in [1.807, 2.05) is 6.07 Å². The lowest BCUT2D eigenvalue weighted by Gasteiger charge is -2.09. The lowest BCUT2D eigenvalue weighted by molar-refractivity contribution is -0.120. The molecule has 0 aliphatic heterocycles. The van der Waals surface area contributed by atoms with E-state index in [9.17, 15) is 9.59 Å². The first kappa shape index (κ1) is 19.1. The van der Waals surface area contributed by atoms with Crippen molar-refractivity contribution < 1.29 is 19.1 Å². The fourth-order valence-corrected chi connectivity index (χ4v) is 2.32. The average Bonchev–Trinajstić information content (AvgIpc) is 2.65. The molecule has 1 amide bonds. The van der Waals surface area contributed by atoms with Crippen molar-refractivity contribution in [3.8, 4) is 23.3 Å². The van der Waals surface area contributed by atoms with Crippen molar-refractivity contribution in [3.05, 3.63) is 59.2 Å². The van der Waals surface area contributed by atoms with Crippen molar-refractivity contribution in [3.63, 3.8) is 0 Å². The maximum absolute atomic E-state index is 12.0. The van der Waals surface area contributed by atoms with Crippen LogP contribution >= 0.6 is 0 Å². The molecule has 26 heavy (non-hydrogen) atoms. The molecule has 1 N–H and O–H groups in total. The highest BCUT2D eigenvalue weighted by Crippen LogP contribution is 2.27. The van der Waals surface area contributed by atoms with Crippen LogP contribution in [0.15, 0.2) is 42.5 Å². The van der Waals surface area contributed by atoms with Gasteiger partial charge in [-0.15, -0.1) is 0 Å². The summed E-state index contributed by atoms with van der Waals surface area (Å²) in [5, 5.41) is 2.76. The summed E-state index contributed by atoms with van der Waals surface area (Å²) >= 11 is 0. The predicted octanol–water partition coefficient (Wildman–Crippen LogP) is 2.62. The molecule has 0 saturated carbocycles. The second-order valence-electron chi connectivity index (χ2n) is 5.58. The molecule has 0 saturated heterocycles. The first-order valence-corrected chi connectivity index (χ1v) is 8.11. The molecule has 2 aromatic carbocycles. The van der Waals surface area contributed by atoms with Gasteiger partial charge in [0.1, 0.15) is 0 Å². The summed E-state index contributed by atoms with van der Waals surface area (Å²) < 4.78 is 10.4. The molecule has 0 atom stereocenters. The van der Waals surface area contributed by atoms with E-state index in [2.05, 4.69) is 17.2 Å². The van der Waals surface area contributed by atoms with E-state index in [0.29, 0.717) is 17.1 Å². The lowest BCUT2D eigenvalue weighted by Crippen LogP contribution is -2.25. The number of hydrogen-bond acceptors (Lipinski definition) is 4. The Bertz CT molecular complexity index is 845. The minimum atomic E-state index is -0.126. The third kappa shape index (κ3) is 5.38. The van der Waals surface area contributed by atoms with Gasteiger partial charge in [-0.2, -0.15) is 0 Å². The molecular formula is C21H21NO4. The average molecular weight is 351 g/mol. The minimum Gasteiger partial charge on any atom is -0.493 e. The monoisotopic (exact) mass is 351 g/mol. The number of carbonyl (C=O) groups excluding carboxylic acids is 2. The normalized spacial score (nSPS) is 9.65. The van der Waals surface area contributed by atoms with Crippen molar-refractivity contribution in [2.75, 3.05) is 20.8 Å². The van der Waals surface area contributed by atoms with Gasteiger partial charge in [0, 0.05) is 11.1 Å². The molecule has 0 radical (unpaired) electrons. The van der Waals surface area contributed by atoms with E-state index < -0.39 is 0 Å². The number of methoxy groups -OCH3 is 2. The number of ether oxygens (including phenoxy) is 2. The molecule has 5 heteroatoms. The van der Waals surface area contributed by atoms with E-state index >= 15 is 0 Å². The molecule has 0 heterocycles. The smallest absolute Gasteiger partial charge is 0.225 e. The molecule has 0 aromatic heterocycles. The number of ketones is 1. The SMILES string of the molecule is COc1ccc(CC(=O)NCC#Cc2ccc(C(C)=O)cc2)cc1OC. The Balaban J connectivity index is 1.87. The second-order valence-corrected chi connectivity index (χ2v) is 5.58. The van der Waals surface area contributed by atoms with Gasteiger partial charge >= 0.3 is 0 Å². The lowest BCUT2D eigenvalue weighted by atomic mass is 10.1. The van der Waals surface area contributed by atoms with Gasteiger partial charge < -0.3 is 14.8 Å². The molecule has 0 spiro atoms. The number of hydrogen-bond donors (Lipinski definition) is 1. The van der Waals surface area contributed by atoms with Crippen LogP contribution in [0.3, 0.4) is 0 Å². The first-order valence-electron chi connectivity index (χ1n) is 8.11. The highest BCUT2D eigenvalue weighted by atomic mass is 16.5. The quantitative estimate of drug-likeness (QED) is 0.642. The number of rotatable bonds is 6. The van der Waals surface area contributed by atoms with Gasteiger partial charge in [-0.05, 0) is 36.8 Å². The van der Waals surface area contributed by atoms with Gasteiger partial charge in [-0.25, -0.2) is 0 Å². The third-order valence-corrected chi connectivity index (χ3v) is 3.71. The number of Topliss-reactive ketones (excluding diaryl/α,β-unsaturated/α-hetero) is 1. The largest absolute Gasteiger partial charge is 0.493 e. The molecule has 2 aromatic rings. The molecule has 0 bridgehead atoms. The minimum absolute atomic E-state index is 0.0203. The molecule has 134 valence electrons. The van der Waals surface area contributed by atoms with Gasteiger partial charge in [0.15, 0.2) is 17.3 Å². The number of amides is 1. The van der Waals surface area contributed by atoms with Crippen LogP contribution in [0.4, 0.5) is 0 Å². The van der Waals surface area contributed by atoms with Crippen LogP contribution in [0.5, 0.6) is 11.5 Å². The summed E-state index contributed by atoms with van der Waals surface area (Å²) in [4.78, 5) is 23.2. The fraction of sp³-hybridized carbons (Fsp3) is 0.238. The Hall–Kier alpha value is -3.26. The summed E-state index contributed by atoms with van der Waals surface area (Å²) in [5.41, 5.74) is 2.27. The van der Waals surface area contributed by atoms with E-state index in [1.165, 1.54) is 6.92 Å². The number of carbonyl (C=O) groups is 2. The fourth-order valence-electron chi connectivity index (χ4n) is 2.32. The molecule has 0 aliphatic carbocycles. The Morgan fingerprint density at radius 1 is 1.00 bits per heavy atom. The van der Waals surface area contributed by atoms with Crippen molar-refractivity contribution >= 4 is 11.7 Å². The number of benzene rings is 2. The zero-order valence-corrected chi connectivity index (χ0v) is 15.1. The molecule has 0 aliphatic rings. The van der Waals surface area contributed by atoms with E-state index in [0.717, 1.165) is 11.1 Å². The van der Waals surface area contributed by atoms with Crippen LogP contribution < -0.4 is 14.8 Å². The van der Waals surface area contributed by atoms with Crippen LogP contribution in [0.25, 0.3) is 0 Å². The van der Waals surface area contributed by atoms with E-state index in [1.54, 1.807) is 50.6 Å². The van der Waals surface area contributed by atoms with Crippen molar-refractivity contribution in [2.45, 2.75) is 13.3 Å². The Labute approximate surface area is 153 Å². The molecular weight excluding hydrogens is 330 g/mol. The molecule has 5 nitrogen and oxygen atoms in total. The summed E-state index contributed by atoms with van der Waals surface area (Å²) in [5.74, 6) is 6.95. The highest BCUT2D eigenvalue weighted by molar-refractivity contribution is 5.94. The van der Waals surface area contributed by atoms with Gasteiger partial charge in [0.2, 0.25) is 5.91 Å². The third-order valence-electron chi connectivity index (χ3n) is 3.71. The van der Waals surface area contributed by atoms with Crippen LogP contribution in [0.1, 0.15) is 28.4 Å². The van der Waals surface area contributed by atoms with Crippen LogP contribution in [0, 0.1) is 11.8 Å². The van der Waals surface area contributed by atoms with Crippen LogP contribution in [-0.4, -0.2) is 32.5 Å². The summed E-state index contributed by atoms with van der Waals surface area (Å²) in [7, 11) is 3.12. The maximum atomic E-state index is 12.0. The standard InChI is InChI=1S/C21H21NO4/c1-15(23)18-9-6-16(7-10-18)5-4-12-22-21(24)14-17-8-11-19(25-2)20(13-17)26-3/h6-11,13H,12,14H2,1-3H3,(H,22,24).